The largest absolute Gasteiger partial charge is 0.508 e. The molecule has 8 heterocycles. The van der Waals surface area contributed by atoms with Crippen molar-refractivity contribution in [1.29, 1.82) is 0 Å². The van der Waals surface area contributed by atoms with Crippen LogP contribution in [-0.4, -0.2) is 304 Å². The number of aliphatic hydroxyl groups is 4. The number of phenols is 4. The molecule has 10 N–H and O–H groups in total. The van der Waals surface area contributed by atoms with E-state index in [1.54, 1.807) is 79.3 Å². The van der Waals surface area contributed by atoms with Crippen LogP contribution in [0.3, 0.4) is 0 Å². The molecule has 4 saturated heterocycles. The normalized spacial score (nSPS) is 14.0. The molecule has 0 spiro atoms. The van der Waals surface area contributed by atoms with E-state index < -0.39 is 81.9 Å². The molecule has 146 heavy (non-hydrogen) atoms. The van der Waals surface area contributed by atoms with Gasteiger partial charge in [0.25, 0.3) is 11.8 Å². The highest BCUT2D eigenvalue weighted by Gasteiger charge is 2.36. The van der Waals surface area contributed by atoms with Crippen molar-refractivity contribution in [2.45, 2.75) is 52.1 Å². The number of benzene rings is 10. The fraction of sp³-hybridized carbons (Fsp3) is 0.294. The first-order valence-corrected chi connectivity index (χ1v) is 47.9. The smallest absolute Gasteiger partial charge is 0.279 e. The highest BCUT2D eigenvalue weighted by Crippen LogP contribution is 2.49. The number of aliphatic hydroxyl groups excluding tert-OH is 2. The molecule has 0 aliphatic carbocycles. The first-order valence-electron chi connectivity index (χ1n) is 46.4. The summed E-state index contributed by atoms with van der Waals surface area (Å²) >= 11 is 26.2. The van der Waals surface area contributed by atoms with Gasteiger partial charge in [-0.1, -0.05) is 120 Å². The van der Waals surface area contributed by atoms with Crippen LogP contribution in [0.25, 0.3) is 110 Å². The summed E-state index contributed by atoms with van der Waals surface area (Å²) in [4.78, 5) is 124. The molecule has 4 aliphatic heterocycles. The van der Waals surface area contributed by atoms with Crippen molar-refractivity contribution >= 4 is 182 Å². The zero-order chi connectivity index (χ0) is 104. The number of phenolic OH excluding ortho intramolecular Hbond substituents is 4. The van der Waals surface area contributed by atoms with E-state index in [1.165, 1.54) is 80.8 Å². The molecule has 0 bridgehead atoms. The summed E-state index contributed by atoms with van der Waals surface area (Å²) in [6.45, 7) is 10.1. The maximum absolute atomic E-state index is 16.0. The van der Waals surface area contributed by atoms with E-state index in [0.29, 0.717) is 92.3 Å². The number of allylic oxidation sites excluding steroid dienone is 1. The van der Waals surface area contributed by atoms with Crippen LogP contribution in [0.2, 0.25) is 20.1 Å². The number of aromatic nitrogens is 8. The minimum Gasteiger partial charge on any atom is -0.508 e. The molecular weight excluding hydrogens is 1990 g/mol. The first-order chi connectivity index (χ1) is 69.9. The molecule has 0 saturated carbocycles. The average molecular weight is 2090 g/mol. The van der Waals surface area contributed by atoms with Gasteiger partial charge in [-0.05, 0) is 125 Å². The zero-order valence-corrected chi connectivity index (χ0v) is 82.6. The maximum atomic E-state index is 16.0. The highest BCUT2D eigenvalue weighted by atomic mass is 35.5. The third-order valence-corrected chi connectivity index (χ3v) is 26.3. The number of halogens is 10. The molecule has 34 nitrogen and oxygen atoms in total. The summed E-state index contributed by atoms with van der Waals surface area (Å²) in [6, 6.07) is 34.4. The molecule has 0 unspecified atom stereocenters. The van der Waals surface area contributed by atoms with Crippen LogP contribution in [-0.2, 0) is 28.8 Å². The molecule has 44 heteroatoms. The first kappa shape index (κ1) is 106. The van der Waals surface area contributed by atoms with Gasteiger partial charge < -0.3 is 100 Å². The average Bonchev–Trinajstić information content (AvgIpc) is 0.735. The van der Waals surface area contributed by atoms with E-state index in [0.717, 1.165) is 40.1 Å². The monoisotopic (exact) mass is 2080 g/mol. The molecule has 18 rings (SSSR count). The van der Waals surface area contributed by atoms with Crippen molar-refractivity contribution in [2.24, 2.45) is 0 Å². The van der Waals surface area contributed by atoms with Crippen molar-refractivity contribution in [3.05, 3.63) is 213 Å². The predicted octanol–water partition coefficient (Wildman–Crippen LogP) is 14.1. The fourth-order valence-corrected chi connectivity index (χ4v) is 18.9. The Morgan fingerprint density at radius 2 is 0.733 bits per heavy atom. The number of hydrogen-bond acceptors (Lipinski definition) is 28. The van der Waals surface area contributed by atoms with Gasteiger partial charge in [-0.25, -0.2) is 56.2 Å². The lowest BCUT2D eigenvalue weighted by Crippen LogP contribution is -2.51. The number of carbonyl (C=O) groups is 6. The molecule has 10 aromatic carbocycles. The van der Waals surface area contributed by atoms with Crippen LogP contribution in [0, 0.1) is 34.9 Å². The molecule has 14 aromatic rings. The summed E-state index contributed by atoms with van der Waals surface area (Å²) in [5.74, 6) is -5.91. The number of amides is 6. The van der Waals surface area contributed by atoms with E-state index in [9.17, 15) is 78.4 Å². The van der Waals surface area contributed by atoms with Gasteiger partial charge in [0.1, 0.15) is 92.6 Å². The van der Waals surface area contributed by atoms with Crippen LogP contribution < -0.4 is 30.2 Å². The van der Waals surface area contributed by atoms with Gasteiger partial charge in [0.05, 0.1) is 31.2 Å². The van der Waals surface area contributed by atoms with Gasteiger partial charge in [0.2, 0.25) is 48.1 Å². The lowest BCUT2D eigenvalue weighted by Gasteiger charge is -2.36. The van der Waals surface area contributed by atoms with Crippen LogP contribution in [0.1, 0.15) is 39.5 Å². The molecule has 4 aliphatic rings. The van der Waals surface area contributed by atoms with Crippen molar-refractivity contribution in [2.75, 3.05) is 176 Å². The number of rotatable bonds is 21. The van der Waals surface area contributed by atoms with Crippen molar-refractivity contribution in [3.8, 4) is 67.5 Å². The topological polar surface area (TPSA) is 424 Å². The van der Waals surface area contributed by atoms with Crippen LogP contribution in [0.4, 0.5) is 61.5 Å². The molecule has 4 fully saturated rings. The van der Waals surface area contributed by atoms with Crippen LogP contribution in [0.15, 0.2) is 158 Å². The van der Waals surface area contributed by atoms with Gasteiger partial charge in [-0.2, -0.15) is 9.97 Å². The lowest BCUT2D eigenvalue weighted by atomic mass is 9.96. The SMILES string of the molecule is C/C=C/C(=O)N1CCN(c2ncnc3c(F)c(-c4cc(O)cc5ccccc45)c(Cl)cc23)CC1.CCCC(=O)N1CCN(c2ncnc3c(F)c(-c4cc(O)cc5ccccc45)c(Cl)cc23)CC1.CN(C)C(=O)CCNc1nc(N2CCN(C(=O)C(O)O)CC2)c2cc(Cl)c(-c3c(O)cccc3F)c(F)c2n1.CN(C)C(=O)CCNc1nc(N2CCN(C(=O)C(O)O)CC2)c2cc(Cl)c(-c3c(O)cccc3F)c(F)c2n1. The van der Waals surface area contributed by atoms with Gasteiger partial charge in [0, 0.05) is 209 Å². The lowest BCUT2D eigenvalue weighted by molar-refractivity contribution is -0.159. The Hall–Kier alpha value is -14.8. The minimum absolute atomic E-state index is 0.00160. The number of carbonyl (C=O) groups excluding carboxylic acids is 6. The number of hydrogen-bond donors (Lipinski definition) is 10. The highest BCUT2D eigenvalue weighted by molar-refractivity contribution is 6.37. The van der Waals surface area contributed by atoms with E-state index >= 15 is 17.6 Å². The van der Waals surface area contributed by atoms with E-state index in [4.69, 9.17) is 46.4 Å². The van der Waals surface area contributed by atoms with Crippen molar-refractivity contribution in [3.63, 3.8) is 0 Å². The summed E-state index contributed by atoms with van der Waals surface area (Å²) in [6.07, 6.45) is 3.33. The number of piperazine rings is 4. The standard InChI is InChI=1S/C26H24ClFN4O2.C26H22ClFN4O2.2C25H27ClF2N6O5/c2*1-2-5-22(34)31-8-10-32(11-9-31)26-20-14-21(27)23(24(28)25(20)29-15-30-26)19-13-17(33)12-16-6-3-4-7-18(16)19;2*1-32(2)17(36)6-7-29-25-30-21-13(22(31-25)33-8-10-34(11-9-33)23(37)24(38)39)12-14(26)18(20(21)28)19-15(27)4-3-5-16(19)35/h3-4,6-7,12-15,33H,2,5,8-11H2,1H3;2-7,12-15,33H,8-11H2,1H3;2*3-5,12,24,35,38-39H,6-11H2,1-2H3,(H,29,30,31)/b;5-2+;;. The Morgan fingerprint density at radius 1 is 0.390 bits per heavy atom. The number of aromatic hydroxyl groups is 4. The Morgan fingerprint density at radius 3 is 1.09 bits per heavy atom. The maximum Gasteiger partial charge on any atom is 0.279 e. The third kappa shape index (κ3) is 22.8. The predicted molar refractivity (Wildman–Crippen MR) is 546 cm³/mol. The molecule has 762 valence electrons. The van der Waals surface area contributed by atoms with Crippen molar-refractivity contribution in [1.82, 2.24) is 69.3 Å². The second kappa shape index (κ2) is 46.1. The number of fused-ring (bicyclic) bond motifs is 6. The zero-order valence-electron chi connectivity index (χ0n) is 79.6. The van der Waals surface area contributed by atoms with Gasteiger partial charge in [-0.15, -0.1) is 0 Å². The van der Waals surface area contributed by atoms with Crippen LogP contribution >= 0.6 is 46.4 Å². The Bertz CT molecular complexity index is 7150. The third-order valence-electron chi connectivity index (χ3n) is 25.1. The second-order valence-electron chi connectivity index (χ2n) is 34.8. The quantitative estimate of drug-likeness (QED) is 0.0181. The van der Waals surface area contributed by atoms with Crippen molar-refractivity contribution < 1.29 is 96.0 Å². The summed E-state index contributed by atoms with van der Waals surface area (Å²) in [7, 11) is 6.47. The number of anilines is 6. The molecular formula is C102H100Cl4F6N20O14. The van der Waals surface area contributed by atoms with Gasteiger partial charge >= 0.3 is 0 Å². The van der Waals surface area contributed by atoms with E-state index in [-0.39, 0.29) is 212 Å². The number of nitrogens with zero attached hydrogens (tertiary/aromatic N) is 18. The minimum atomic E-state index is -2.13. The summed E-state index contributed by atoms with van der Waals surface area (Å²) in [5, 5.41) is 88.3. The number of nitrogens with one attached hydrogen (secondary N) is 2. The van der Waals surface area contributed by atoms with E-state index in [2.05, 4.69) is 50.5 Å². The molecule has 6 amide bonds. The fourth-order valence-electron chi connectivity index (χ4n) is 17.8. The van der Waals surface area contributed by atoms with Gasteiger partial charge in [-0.3, -0.25) is 28.8 Å². The molecule has 0 radical (unpaired) electrons. The summed E-state index contributed by atoms with van der Waals surface area (Å²) in [5.41, 5.74) is -0.263. The Balaban J connectivity index is 0.000000146. The second-order valence-corrected chi connectivity index (χ2v) is 36.5. The summed E-state index contributed by atoms with van der Waals surface area (Å²) < 4.78 is 93.3. The van der Waals surface area contributed by atoms with Gasteiger partial charge in [0.15, 0.2) is 23.3 Å². The van der Waals surface area contributed by atoms with Crippen LogP contribution in [0.5, 0.6) is 23.0 Å². The van der Waals surface area contributed by atoms with E-state index in [1.807, 2.05) is 77.1 Å². The Kier molecular flexibility index (Phi) is 33.3. The molecule has 0 atom stereocenters. The molecule has 4 aromatic heterocycles. The Labute approximate surface area is 851 Å².